The zero-order valence-corrected chi connectivity index (χ0v) is 14.8. The zero-order valence-electron chi connectivity index (χ0n) is 14.0. The Labute approximate surface area is 150 Å². The third kappa shape index (κ3) is 4.48. The van der Waals surface area contributed by atoms with E-state index in [-0.39, 0.29) is 35.4 Å². The van der Waals surface area contributed by atoms with Crippen LogP contribution in [0.3, 0.4) is 0 Å². The Morgan fingerprint density at radius 1 is 1.31 bits per heavy atom. The summed E-state index contributed by atoms with van der Waals surface area (Å²) >= 11 is 0. The van der Waals surface area contributed by atoms with Crippen LogP contribution in [0.5, 0.6) is 0 Å². The Balaban J connectivity index is 1.58. The average Bonchev–Trinajstić information content (AvgIpc) is 3.20. The van der Waals surface area contributed by atoms with Crippen LogP contribution in [0.4, 0.5) is 0 Å². The monoisotopic (exact) mass is 377 g/mol. The average molecular weight is 377 g/mol. The van der Waals surface area contributed by atoms with Crippen LogP contribution in [-0.4, -0.2) is 46.7 Å². The summed E-state index contributed by atoms with van der Waals surface area (Å²) in [5.41, 5.74) is 1.48. The van der Waals surface area contributed by atoms with E-state index in [9.17, 15) is 18.0 Å². The summed E-state index contributed by atoms with van der Waals surface area (Å²) in [6.45, 7) is 0.305. The molecule has 1 atom stereocenters. The summed E-state index contributed by atoms with van der Waals surface area (Å²) in [6.07, 6.45) is 2.30. The van der Waals surface area contributed by atoms with Crippen molar-refractivity contribution in [2.45, 2.75) is 19.4 Å². The van der Waals surface area contributed by atoms with Gasteiger partial charge in [0, 0.05) is 19.2 Å². The molecule has 0 saturated carbocycles. The minimum atomic E-state index is -2.98. The van der Waals surface area contributed by atoms with Gasteiger partial charge in [0.1, 0.15) is 0 Å². The smallest absolute Gasteiger partial charge is 0.356 e. The fourth-order valence-corrected chi connectivity index (χ4v) is 4.82. The molecule has 2 heterocycles. The molecule has 1 fully saturated rings. The second kappa shape index (κ2) is 7.28. The molecule has 2 N–H and O–H groups in total. The molecule has 1 aliphatic heterocycles. The molecule has 1 aliphatic rings. The maximum Gasteiger partial charge on any atom is 0.356 e. The second-order valence-electron chi connectivity index (χ2n) is 6.37. The number of aromatic nitrogens is 2. The van der Waals surface area contributed by atoms with E-state index in [0.717, 1.165) is 5.56 Å². The minimum Gasteiger partial charge on any atom is -0.476 e. The third-order valence-corrected chi connectivity index (χ3v) is 6.11. The molecule has 2 aromatic rings. The molecule has 1 amide bonds. The molecule has 8 nitrogen and oxygen atoms in total. The number of carbonyl (C=O) groups is 2. The number of nitrogens with one attached hydrogen (secondary N) is 1. The van der Waals surface area contributed by atoms with E-state index in [1.807, 2.05) is 6.07 Å². The molecule has 26 heavy (non-hydrogen) atoms. The number of rotatable bonds is 6. The second-order valence-corrected chi connectivity index (χ2v) is 8.60. The number of sulfone groups is 1. The number of hydrogen-bond donors (Lipinski definition) is 2. The lowest BCUT2D eigenvalue weighted by Gasteiger charge is -2.10. The van der Waals surface area contributed by atoms with Crippen molar-refractivity contribution in [3.05, 3.63) is 47.8 Å². The van der Waals surface area contributed by atoms with E-state index in [0.29, 0.717) is 18.7 Å². The lowest BCUT2D eigenvalue weighted by Crippen LogP contribution is -2.25. The van der Waals surface area contributed by atoms with Gasteiger partial charge in [0.2, 0.25) is 5.91 Å². The number of carboxylic acids is 1. The summed E-state index contributed by atoms with van der Waals surface area (Å²) in [5, 5.41) is 15.7. The molecule has 1 aromatic carbocycles. The van der Waals surface area contributed by atoms with E-state index in [2.05, 4.69) is 10.4 Å². The summed E-state index contributed by atoms with van der Waals surface area (Å²) < 4.78 is 24.3. The molecule has 1 aromatic heterocycles. The van der Waals surface area contributed by atoms with Crippen LogP contribution in [0.1, 0.15) is 28.9 Å². The number of nitrogens with zero attached hydrogens (tertiary/aromatic N) is 2. The maximum atomic E-state index is 12.0. The Kier molecular flexibility index (Phi) is 5.08. The molecule has 1 saturated heterocycles. The van der Waals surface area contributed by atoms with Gasteiger partial charge in [-0.3, -0.25) is 4.79 Å². The first-order chi connectivity index (χ1) is 12.3. The van der Waals surface area contributed by atoms with E-state index >= 15 is 0 Å². The van der Waals surface area contributed by atoms with Crippen molar-refractivity contribution >= 4 is 21.7 Å². The van der Waals surface area contributed by atoms with Crippen LogP contribution in [0.2, 0.25) is 0 Å². The largest absolute Gasteiger partial charge is 0.476 e. The lowest BCUT2D eigenvalue weighted by molar-refractivity contribution is -0.122. The number of amides is 1. The third-order valence-electron chi connectivity index (χ3n) is 4.27. The van der Waals surface area contributed by atoms with Crippen LogP contribution in [0.15, 0.2) is 36.5 Å². The van der Waals surface area contributed by atoms with Crippen molar-refractivity contribution < 1.29 is 23.1 Å². The topological polar surface area (TPSA) is 118 Å². The van der Waals surface area contributed by atoms with Gasteiger partial charge in [-0.15, -0.1) is 0 Å². The molecule has 0 aliphatic carbocycles. The summed E-state index contributed by atoms with van der Waals surface area (Å²) in [4.78, 5) is 22.9. The summed E-state index contributed by atoms with van der Waals surface area (Å²) in [7, 11) is -2.98. The zero-order chi connectivity index (χ0) is 18.7. The molecular formula is C17H19N3O5S. The molecule has 138 valence electrons. The SMILES string of the molecule is O=C(CC1CCS(=O)(=O)C1)NCc1cccc(-n2ccc(C(=O)O)n2)c1. The minimum absolute atomic E-state index is 0.0461. The van der Waals surface area contributed by atoms with Crippen LogP contribution < -0.4 is 5.32 Å². The van der Waals surface area contributed by atoms with Crippen molar-refractivity contribution in [1.82, 2.24) is 15.1 Å². The Morgan fingerprint density at radius 3 is 2.77 bits per heavy atom. The highest BCUT2D eigenvalue weighted by Gasteiger charge is 2.29. The normalized spacial score (nSPS) is 18.5. The highest BCUT2D eigenvalue weighted by atomic mass is 32.2. The highest BCUT2D eigenvalue weighted by molar-refractivity contribution is 7.91. The van der Waals surface area contributed by atoms with Crippen molar-refractivity contribution in [2.24, 2.45) is 5.92 Å². The van der Waals surface area contributed by atoms with Gasteiger partial charge in [-0.1, -0.05) is 12.1 Å². The van der Waals surface area contributed by atoms with Crippen LogP contribution in [0, 0.1) is 5.92 Å². The quantitative estimate of drug-likeness (QED) is 0.776. The van der Waals surface area contributed by atoms with Gasteiger partial charge >= 0.3 is 5.97 Å². The van der Waals surface area contributed by atoms with Crippen molar-refractivity contribution in [3.8, 4) is 5.69 Å². The molecular weight excluding hydrogens is 358 g/mol. The molecule has 9 heteroatoms. The van der Waals surface area contributed by atoms with Crippen LogP contribution in [0.25, 0.3) is 5.69 Å². The van der Waals surface area contributed by atoms with E-state index < -0.39 is 15.8 Å². The molecule has 0 radical (unpaired) electrons. The first-order valence-electron chi connectivity index (χ1n) is 8.18. The number of hydrogen-bond acceptors (Lipinski definition) is 5. The van der Waals surface area contributed by atoms with Gasteiger partial charge in [-0.2, -0.15) is 5.10 Å². The number of benzene rings is 1. The molecule has 3 rings (SSSR count). The Morgan fingerprint density at radius 2 is 2.12 bits per heavy atom. The Bertz CT molecular complexity index is 935. The first kappa shape index (κ1) is 18.1. The van der Waals surface area contributed by atoms with Gasteiger partial charge in [0.25, 0.3) is 0 Å². The van der Waals surface area contributed by atoms with Gasteiger partial charge in [-0.05, 0) is 36.1 Å². The number of aromatic carboxylic acids is 1. The highest BCUT2D eigenvalue weighted by Crippen LogP contribution is 2.21. The van der Waals surface area contributed by atoms with Crippen LogP contribution in [-0.2, 0) is 21.2 Å². The maximum absolute atomic E-state index is 12.0. The van der Waals surface area contributed by atoms with Gasteiger partial charge in [-0.25, -0.2) is 17.9 Å². The van der Waals surface area contributed by atoms with Crippen molar-refractivity contribution in [2.75, 3.05) is 11.5 Å². The number of carbonyl (C=O) groups excluding carboxylic acids is 1. The first-order valence-corrected chi connectivity index (χ1v) is 10.00. The predicted molar refractivity (Wildman–Crippen MR) is 93.7 cm³/mol. The van der Waals surface area contributed by atoms with E-state index in [4.69, 9.17) is 5.11 Å². The van der Waals surface area contributed by atoms with Crippen molar-refractivity contribution in [3.63, 3.8) is 0 Å². The van der Waals surface area contributed by atoms with Gasteiger partial charge < -0.3 is 10.4 Å². The fourth-order valence-electron chi connectivity index (χ4n) is 2.96. The summed E-state index contributed by atoms with van der Waals surface area (Å²) in [5.74, 6) is -1.13. The van der Waals surface area contributed by atoms with Crippen molar-refractivity contribution in [1.29, 1.82) is 0 Å². The van der Waals surface area contributed by atoms with Crippen LogP contribution >= 0.6 is 0 Å². The van der Waals surface area contributed by atoms with E-state index in [1.165, 1.54) is 10.7 Å². The molecule has 0 spiro atoms. The van der Waals surface area contributed by atoms with Gasteiger partial charge in [0.15, 0.2) is 15.5 Å². The van der Waals surface area contributed by atoms with Gasteiger partial charge in [0.05, 0.1) is 17.2 Å². The molecule has 0 bridgehead atoms. The standard InChI is InChI=1S/C17H19N3O5S/c21-16(9-13-5-7-26(24,25)11-13)18-10-12-2-1-3-14(8-12)20-6-4-15(19-20)17(22)23/h1-4,6,8,13H,5,7,9-11H2,(H,18,21)(H,22,23). The fraction of sp³-hybridized carbons (Fsp3) is 0.353. The number of carboxylic acid groups (broad SMARTS) is 1. The molecule has 1 unspecified atom stereocenters. The Hall–Kier alpha value is -2.68. The lowest BCUT2D eigenvalue weighted by atomic mass is 10.0. The summed E-state index contributed by atoms with van der Waals surface area (Å²) in [6, 6.07) is 8.63. The predicted octanol–water partition coefficient (Wildman–Crippen LogP) is 1.01. The van der Waals surface area contributed by atoms with E-state index in [1.54, 1.807) is 24.4 Å².